The number of ether oxygens (including phenoxy) is 4. The van der Waals surface area contributed by atoms with E-state index in [1.165, 1.54) is 33.2 Å². The molecule has 9 nitrogen and oxygen atoms in total. The summed E-state index contributed by atoms with van der Waals surface area (Å²) in [5.41, 5.74) is 7.72. The van der Waals surface area contributed by atoms with Crippen molar-refractivity contribution in [3.8, 4) is 23.0 Å². The lowest BCUT2D eigenvalue weighted by Crippen LogP contribution is -2.45. The van der Waals surface area contributed by atoms with Crippen molar-refractivity contribution < 1.29 is 23.7 Å². The zero-order valence-electron chi connectivity index (χ0n) is 20.3. The van der Waals surface area contributed by atoms with Gasteiger partial charge >= 0.3 is 6.03 Å². The lowest BCUT2D eigenvalue weighted by molar-refractivity contribution is 0.232. The molecule has 0 aliphatic heterocycles. The fourth-order valence-electron chi connectivity index (χ4n) is 3.39. The Hall–Kier alpha value is -4.40. The van der Waals surface area contributed by atoms with E-state index in [4.69, 9.17) is 30.1 Å². The second-order valence-corrected chi connectivity index (χ2v) is 7.62. The van der Waals surface area contributed by atoms with Crippen molar-refractivity contribution in [2.45, 2.75) is 13.2 Å². The minimum atomic E-state index is -0.566. The molecular formula is C26H30N4O5. The normalized spacial score (nSPS) is 10.3. The second-order valence-electron chi connectivity index (χ2n) is 7.62. The number of anilines is 1. The van der Waals surface area contributed by atoms with Crippen molar-refractivity contribution in [2.24, 2.45) is 5.73 Å². The fourth-order valence-corrected chi connectivity index (χ4v) is 3.39. The Morgan fingerprint density at radius 1 is 0.829 bits per heavy atom. The molecule has 184 valence electrons. The summed E-state index contributed by atoms with van der Waals surface area (Å²) in [6, 6.07) is 20.4. The van der Waals surface area contributed by atoms with Gasteiger partial charge in [-0.2, -0.15) is 0 Å². The number of nitrogens with two attached hydrogens (primary N) is 1. The summed E-state index contributed by atoms with van der Waals surface area (Å²) in [5.74, 6) is 0.868. The van der Waals surface area contributed by atoms with Crippen LogP contribution in [0, 0.1) is 5.41 Å². The molecule has 35 heavy (non-hydrogen) atoms. The van der Waals surface area contributed by atoms with E-state index >= 15 is 0 Å². The second kappa shape index (κ2) is 11.6. The fraction of sp³-hybridized carbons (Fsp3) is 0.231. The molecular weight excluding hydrogens is 448 g/mol. The average molecular weight is 479 g/mol. The number of carbonyl (C=O) groups excluding carboxylic acids is 1. The summed E-state index contributed by atoms with van der Waals surface area (Å²) in [7, 11) is 5.89. The van der Waals surface area contributed by atoms with Crippen LogP contribution in [0.25, 0.3) is 0 Å². The number of nitrogens with one attached hydrogen (secondary N) is 1. The predicted octanol–water partition coefficient (Wildman–Crippen LogP) is 4.24. The molecule has 3 aromatic rings. The van der Waals surface area contributed by atoms with Crippen LogP contribution < -0.4 is 29.6 Å². The van der Waals surface area contributed by atoms with Crippen LogP contribution in [-0.2, 0) is 13.2 Å². The van der Waals surface area contributed by atoms with E-state index in [9.17, 15) is 4.79 Å². The topological polar surface area (TPSA) is 110 Å². The van der Waals surface area contributed by atoms with Gasteiger partial charge < -0.3 is 24.7 Å². The Kier molecular flexibility index (Phi) is 8.39. The van der Waals surface area contributed by atoms with Crippen LogP contribution >= 0.6 is 0 Å². The van der Waals surface area contributed by atoms with E-state index in [0.29, 0.717) is 11.5 Å². The molecule has 0 spiro atoms. The molecule has 3 aromatic carbocycles. The van der Waals surface area contributed by atoms with E-state index in [-0.39, 0.29) is 30.4 Å². The number of methoxy groups -OCH3 is 2. The number of urea groups is 1. The Bertz CT molecular complexity index is 1090. The number of guanidine groups is 1. The third-order valence-corrected chi connectivity index (χ3v) is 5.29. The van der Waals surface area contributed by atoms with Crippen LogP contribution in [-0.4, -0.2) is 45.2 Å². The Labute approximate surface area is 205 Å². The average Bonchev–Trinajstić information content (AvgIpc) is 2.89. The van der Waals surface area contributed by atoms with E-state index in [2.05, 4.69) is 0 Å². The largest absolute Gasteiger partial charge is 0.491 e. The molecule has 0 heterocycles. The molecule has 3 N–H and O–H groups in total. The Morgan fingerprint density at radius 3 is 1.63 bits per heavy atom. The van der Waals surface area contributed by atoms with Gasteiger partial charge in [0.2, 0.25) is 0 Å². The van der Waals surface area contributed by atoms with Gasteiger partial charge in [0.1, 0.15) is 18.9 Å². The molecule has 0 fully saturated rings. The van der Waals surface area contributed by atoms with Gasteiger partial charge in [-0.1, -0.05) is 60.7 Å². The van der Waals surface area contributed by atoms with Crippen molar-refractivity contribution in [1.29, 1.82) is 5.41 Å². The Balaban J connectivity index is 2.07. The molecule has 0 atom stereocenters. The molecule has 0 radical (unpaired) electrons. The van der Waals surface area contributed by atoms with Crippen molar-refractivity contribution in [3.63, 3.8) is 0 Å². The summed E-state index contributed by atoms with van der Waals surface area (Å²) >= 11 is 0. The van der Waals surface area contributed by atoms with Crippen LogP contribution in [0.1, 0.15) is 11.1 Å². The summed E-state index contributed by atoms with van der Waals surface area (Å²) in [6.07, 6.45) is 0. The highest BCUT2D eigenvalue weighted by Gasteiger charge is 2.30. The number of carbonyl (C=O) groups is 1. The van der Waals surface area contributed by atoms with Gasteiger partial charge in [-0.3, -0.25) is 15.2 Å². The molecule has 0 aliphatic carbocycles. The number of hydrogen-bond acceptors (Lipinski definition) is 6. The molecule has 3 rings (SSSR count). The van der Waals surface area contributed by atoms with E-state index in [1.54, 1.807) is 6.07 Å². The van der Waals surface area contributed by atoms with Crippen LogP contribution in [0.3, 0.4) is 0 Å². The third kappa shape index (κ3) is 5.94. The molecule has 0 unspecified atom stereocenters. The van der Waals surface area contributed by atoms with E-state index in [0.717, 1.165) is 16.0 Å². The lowest BCUT2D eigenvalue weighted by atomic mass is 10.2. The molecule has 0 aromatic heterocycles. The van der Waals surface area contributed by atoms with Gasteiger partial charge in [0.05, 0.1) is 14.2 Å². The number of nitrogens with zero attached hydrogens (tertiary/aromatic N) is 2. The molecule has 0 saturated carbocycles. The maximum absolute atomic E-state index is 13.0. The van der Waals surface area contributed by atoms with Crippen molar-refractivity contribution >= 4 is 17.7 Å². The summed E-state index contributed by atoms with van der Waals surface area (Å²) in [6.45, 7) is 0.540. The van der Waals surface area contributed by atoms with Gasteiger partial charge in [-0.15, -0.1) is 0 Å². The number of hydrogen-bond donors (Lipinski definition) is 2. The predicted molar refractivity (Wildman–Crippen MR) is 135 cm³/mol. The maximum Gasteiger partial charge on any atom is 0.330 e. The van der Waals surface area contributed by atoms with Crippen LogP contribution in [0.4, 0.5) is 10.5 Å². The highest BCUT2D eigenvalue weighted by atomic mass is 16.5. The smallest absolute Gasteiger partial charge is 0.330 e. The van der Waals surface area contributed by atoms with Crippen LogP contribution in [0.15, 0.2) is 66.7 Å². The standard InChI is InChI=1S/C26H30N4O5/c1-29(26(31)30(2)25(27)28)22-23(32-3)20(34-16-18-11-7-5-8-12-18)15-21(24(22)33-4)35-17-19-13-9-6-10-14-19/h5-15H,16-17H2,1-4H3,(H3,27,28). The van der Waals surface area contributed by atoms with Crippen LogP contribution in [0.5, 0.6) is 23.0 Å². The minimum Gasteiger partial charge on any atom is -0.491 e. The summed E-state index contributed by atoms with van der Waals surface area (Å²) < 4.78 is 23.6. The monoisotopic (exact) mass is 478 g/mol. The zero-order valence-corrected chi connectivity index (χ0v) is 20.3. The highest BCUT2D eigenvalue weighted by molar-refractivity contribution is 6.04. The first-order valence-electron chi connectivity index (χ1n) is 10.8. The van der Waals surface area contributed by atoms with Crippen molar-refractivity contribution in [1.82, 2.24) is 4.90 Å². The SMILES string of the molecule is COc1c(OCc2ccccc2)cc(OCc2ccccc2)c(OC)c1N(C)C(=O)N(C)C(=N)N. The van der Waals surface area contributed by atoms with Gasteiger partial charge in [0.25, 0.3) is 0 Å². The van der Waals surface area contributed by atoms with Crippen LogP contribution in [0.2, 0.25) is 0 Å². The Morgan fingerprint density at radius 2 is 1.26 bits per heavy atom. The van der Waals surface area contributed by atoms with E-state index < -0.39 is 12.0 Å². The molecule has 0 saturated heterocycles. The molecule has 9 heteroatoms. The van der Waals surface area contributed by atoms with Gasteiger partial charge in [-0.25, -0.2) is 4.79 Å². The molecule has 0 bridgehead atoms. The molecule has 2 amide bonds. The lowest BCUT2D eigenvalue weighted by Gasteiger charge is -2.28. The van der Waals surface area contributed by atoms with Gasteiger partial charge in [-0.05, 0) is 11.1 Å². The first-order chi connectivity index (χ1) is 16.9. The van der Waals surface area contributed by atoms with Gasteiger partial charge in [0.15, 0.2) is 29.0 Å². The summed E-state index contributed by atoms with van der Waals surface area (Å²) in [5, 5.41) is 7.63. The maximum atomic E-state index is 13.0. The van der Waals surface area contributed by atoms with Gasteiger partial charge in [0, 0.05) is 20.2 Å². The van der Waals surface area contributed by atoms with E-state index in [1.807, 2.05) is 60.7 Å². The minimum absolute atomic E-state index is 0.270. The van der Waals surface area contributed by atoms with Crippen molar-refractivity contribution in [3.05, 3.63) is 77.9 Å². The third-order valence-electron chi connectivity index (χ3n) is 5.29. The molecule has 0 aliphatic rings. The number of benzene rings is 3. The summed E-state index contributed by atoms with van der Waals surface area (Å²) in [4.78, 5) is 15.3. The first-order valence-corrected chi connectivity index (χ1v) is 10.8. The first kappa shape index (κ1) is 25.2. The highest BCUT2D eigenvalue weighted by Crippen LogP contribution is 2.50. The van der Waals surface area contributed by atoms with Crippen molar-refractivity contribution in [2.75, 3.05) is 33.2 Å². The zero-order chi connectivity index (χ0) is 25.4. The number of rotatable bonds is 9. The quantitative estimate of drug-likeness (QED) is 0.352. The number of amides is 2.